The van der Waals surface area contributed by atoms with Crippen LogP contribution in [0.15, 0.2) is 76.8 Å². The minimum Gasteiger partial charge on any atom is -0.504 e. The summed E-state index contributed by atoms with van der Waals surface area (Å²) in [5, 5.41) is 22.3. The fourth-order valence-corrected chi connectivity index (χ4v) is 9.04. The number of carboxylic acids is 1. The van der Waals surface area contributed by atoms with Crippen LogP contribution < -0.4 is 10.2 Å². The van der Waals surface area contributed by atoms with E-state index in [2.05, 4.69) is 21.4 Å². The zero-order valence-corrected chi connectivity index (χ0v) is 28.8. The second-order valence-electron chi connectivity index (χ2n) is 12.9. The van der Waals surface area contributed by atoms with Crippen LogP contribution in [-0.2, 0) is 29.4 Å². The maximum absolute atomic E-state index is 15.2. The van der Waals surface area contributed by atoms with Gasteiger partial charge in [-0.25, -0.2) is 4.39 Å². The lowest BCUT2D eigenvalue weighted by molar-refractivity contribution is -0.143. The maximum atomic E-state index is 15.2. The number of allylic oxidation sites excluding steroid dienone is 2. The first-order valence-corrected chi connectivity index (χ1v) is 17.1. The molecule has 0 bridgehead atoms. The molecule has 0 aromatic heterocycles. The number of methoxy groups -OCH3 is 1. The molecule has 14 heteroatoms. The van der Waals surface area contributed by atoms with Crippen LogP contribution in [0.5, 0.6) is 11.5 Å². The molecule has 0 spiro atoms. The number of nitrogens with zero attached hydrogens (tertiary/aromatic N) is 2. The van der Waals surface area contributed by atoms with Crippen LogP contribution in [0.1, 0.15) is 36.3 Å². The zero-order chi connectivity index (χ0) is 35.6. The molecule has 258 valence electrons. The predicted molar refractivity (Wildman–Crippen MR) is 180 cm³/mol. The summed E-state index contributed by atoms with van der Waals surface area (Å²) in [5.74, 6) is -8.80. The molecule has 11 nitrogen and oxygen atoms in total. The van der Waals surface area contributed by atoms with E-state index in [9.17, 15) is 33.8 Å². The van der Waals surface area contributed by atoms with E-state index < -0.39 is 76.8 Å². The first-order valence-electron chi connectivity index (χ1n) is 15.9. The molecular weight excluding hydrogens is 737 g/mol. The molecule has 50 heavy (non-hydrogen) atoms. The highest BCUT2D eigenvalue weighted by atomic mass is 79.9. The molecule has 6 atom stereocenters. The number of anilines is 1. The number of nitrogens with one attached hydrogen (secondary N) is 1. The number of benzene rings is 3. The third kappa shape index (κ3) is 5.08. The third-order valence-corrected chi connectivity index (χ3v) is 11.2. The lowest BCUT2D eigenvalue weighted by Crippen LogP contribution is -2.53. The lowest BCUT2D eigenvalue weighted by atomic mass is 9.49. The molecule has 7 rings (SSSR count). The number of hydrogen-bond donors (Lipinski definition) is 3. The molecule has 3 fully saturated rings. The Hall–Kier alpha value is -4.75. The number of aromatic hydroxyl groups is 1. The third-order valence-electron chi connectivity index (χ3n) is 10.5. The Morgan fingerprint density at radius 3 is 2.40 bits per heavy atom. The Labute approximate surface area is 298 Å². The molecule has 4 amide bonds. The van der Waals surface area contributed by atoms with Crippen molar-refractivity contribution in [1.82, 2.24) is 9.91 Å². The van der Waals surface area contributed by atoms with Crippen LogP contribution in [0.4, 0.5) is 10.1 Å². The molecule has 4 aliphatic rings. The SMILES string of the molecule is COc1cc(Br)cc([C@H]2C3=CC[C@@H]4C(=O)N(CCC(=O)O)C(=O)[C@@H]4[C@@H]3C[C@H]3C(=O)N(Nc4ccc(F)cc4)C(=O)[C@@]23c2ccc(Cl)cc2)c1O. The average molecular weight is 767 g/mol. The van der Waals surface area contributed by atoms with E-state index in [0.717, 1.165) is 9.91 Å². The molecule has 0 unspecified atom stereocenters. The highest BCUT2D eigenvalue weighted by molar-refractivity contribution is 9.10. The molecule has 3 aromatic rings. The van der Waals surface area contributed by atoms with Crippen LogP contribution >= 0.6 is 27.5 Å². The number of amides is 4. The first kappa shape index (κ1) is 33.7. The maximum Gasteiger partial charge on any atom is 0.305 e. The minimum absolute atomic E-state index is 0.0179. The summed E-state index contributed by atoms with van der Waals surface area (Å²) in [6.45, 7) is -0.292. The summed E-state index contributed by atoms with van der Waals surface area (Å²) < 4.78 is 19.8. The van der Waals surface area contributed by atoms with E-state index >= 15 is 4.79 Å². The van der Waals surface area contributed by atoms with Crippen LogP contribution in [0.25, 0.3) is 0 Å². The number of halogens is 3. The first-order chi connectivity index (χ1) is 23.9. The summed E-state index contributed by atoms with van der Waals surface area (Å²) in [6.07, 6.45) is 1.50. The number of ether oxygens (including phenoxy) is 1. The van der Waals surface area contributed by atoms with Gasteiger partial charge in [0.1, 0.15) is 5.82 Å². The Bertz CT molecular complexity index is 1990. The Morgan fingerprint density at radius 2 is 1.74 bits per heavy atom. The molecular formula is C36H30BrClFN3O8. The number of rotatable bonds is 8. The number of likely N-dealkylation sites (tertiary alicyclic amines) is 1. The van der Waals surface area contributed by atoms with E-state index in [4.69, 9.17) is 16.3 Å². The number of carbonyl (C=O) groups is 5. The van der Waals surface area contributed by atoms with Gasteiger partial charge in [0.15, 0.2) is 11.5 Å². The van der Waals surface area contributed by atoms with Gasteiger partial charge in [0.2, 0.25) is 11.8 Å². The zero-order valence-electron chi connectivity index (χ0n) is 26.4. The minimum atomic E-state index is -1.71. The van der Waals surface area contributed by atoms with E-state index in [-0.39, 0.29) is 42.1 Å². The van der Waals surface area contributed by atoms with E-state index in [0.29, 0.717) is 20.6 Å². The number of phenols is 1. The van der Waals surface area contributed by atoms with Crippen molar-refractivity contribution in [3.63, 3.8) is 0 Å². The number of hydrogen-bond acceptors (Lipinski definition) is 8. The largest absolute Gasteiger partial charge is 0.504 e. The van der Waals surface area contributed by atoms with Crippen LogP contribution in [0, 0.1) is 29.5 Å². The molecule has 2 heterocycles. The van der Waals surface area contributed by atoms with Crippen molar-refractivity contribution >= 4 is 62.8 Å². The fraction of sp³-hybridized carbons (Fsp3) is 0.306. The van der Waals surface area contributed by atoms with Crippen molar-refractivity contribution in [2.75, 3.05) is 19.1 Å². The number of fused-ring (bicyclic) bond motifs is 4. The number of aliphatic carboxylic acids is 1. The molecule has 2 aliphatic carbocycles. The van der Waals surface area contributed by atoms with Crippen molar-refractivity contribution in [2.45, 2.75) is 30.6 Å². The second kappa shape index (κ2) is 12.5. The number of imide groups is 2. The Balaban J connectivity index is 1.46. The van der Waals surface area contributed by atoms with Gasteiger partial charge in [-0.1, -0.05) is 51.3 Å². The quantitative estimate of drug-likeness (QED) is 0.202. The number of carbonyl (C=O) groups excluding carboxylic acids is 4. The summed E-state index contributed by atoms with van der Waals surface area (Å²) in [6, 6.07) is 14.9. The van der Waals surface area contributed by atoms with E-state index in [1.165, 1.54) is 31.4 Å². The number of hydrazine groups is 1. The van der Waals surface area contributed by atoms with Gasteiger partial charge in [0.25, 0.3) is 11.8 Å². The van der Waals surface area contributed by atoms with Crippen LogP contribution in [0.3, 0.4) is 0 Å². The highest BCUT2D eigenvalue weighted by Crippen LogP contribution is 2.65. The normalized spacial score (nSPS) is 27.1. The van der Waals surface area contributed by atoms with Crippen molar-refractivity contribution in [2.24, 2.45) is 23.7 Å². The lowest BCUT2D eigenvalue weighted by Gasteiger charge is -2.50. The molecule has 2 saturated heterocycles. The van der Waals surface area contributed by atoms with Gasteiger partial charge in [-0.2, -0.15) is 5.01 Å². The monoisotopic (exact) mass is 765 g/mol. The van der Waals surface area contributed by atoms with E-state index in [1.807, 2.05) is 6.08 Å². The Kier molecular flexibility index (Phi) is 8.46. The number of phenolic OH excluding ortho intramolecular Hbond substituents is 1. The van der Waals surface area contributed by atoms with Crippen molar-refractivity contribution in [1.29, 1.82) is 0 Å². The standard InChI is InChI=1S/C36H30BrClFN3O8/c1-50-27-15-18(37)14-25(31(27)45)30-22-10-11-23-29(34(48)41(32(23)46)13-12-28(43)44)24(22)16-26-33(47)42(40-21-8-6-20(39)7-9-21)35(49)36(26,30)17-2-4-19(38)5-3-17/h2-10,14-15,23-24,26,29-30,40,45H,11-13,16H2,1H3,(H,43,44)/t23-,24+,26-,29-,30+,36+/m0/s1. The van der Waals surface area contributed by atoms with Gasteiger partial charge in [0, 0.05) is 27.5 Å². The average Bonchev–Trinajstić information content (AvgIpc) is 3.46. The smallest absolute Gasteiger partial charge is 0.305 e. The van der Waals surface area contributed by atoms with Crippen LogP contribution in [0.2, 0.25) is 5.02 Å². The van der Waals surface area contributed by atoms with Gasteiger partial charge in [0.05, 0.1) is 42.4 Å². The molecule has 2 aliphatic heterocycles. The number of carboxylic acid groups (broad SMARTS) is 1. The second-order valence-corrected chi connectivity index (χ2v) is 14.2. The fourth-order valence-electron chi connectivity index (χ4n) is 8.46. The molecule has 1 saturated carbocycles. The van der Waals surface area contributed by atoms with Gasteiger partial charge in [-0.05, 0) is 72.9 Å². The molecule has 3 N–H and O–H groups in total. The topological polar surface area (TPSA) is 154 Å². The summed E-state index contributed by atoms with van der Waals surface area (Å²) >= 11 is 9.81. The van der Waals surface area contributed by atoms with Crippen molar-refractivity contribution in [3.8, 4) is 11.5 Å². The van der Waals surface area contributed by atoms with Gasteiger partial charge in [-0.3, -0.25) is 34.3 Å². The molecule has 3 aromatic carbocycles. The molecule has 0 radical (unpaired) electrons. The van der Waals surface area contributed by atoms with Gasteiger partial charge < -0.3 is 14.9 Å². The van der Waals surface area contributed by atoms with Crippen molar-refractivity contribution < 1.29 is 43.3 Å². The van der Waals surface area contributed by atoms with Gasteiger partial charge in [-0.15, -0.1) is 0 Å². The summed E-state index contributed by atoms with van der Waals surface area (Å²) in [7, 11) is 1.38. The Morgan fingerprint density at radius 1 is 1.04 bits per heavy atom. The van der Waals surface area contributed by atoms with Crippen LogP contribution in [-0.4, -0.2) is 63.4 Å². The highest BCUT2D eigenvalue weighted by Gasteiger charge is 2.70. The summed E-state index contributed by atoms with van der Waals surface area (Å²) in [5.41, 5.74) is 2.68. The summed E-state index contributed by atoms with van der Waals surface area (Å²) in [4.78, 5) is 69.8. The predicted octanol–water partition coefficient (Wildman–Crippen LogP) is 5.42. The van der Waals surface area contributed by atoms with Gasteiger partial charge >= 0.3 is 5.97 Å². The van der Waals surface area contributed by atoms with Crippen molar-refractivity contribution in [3.05, 3.63) is 98.8 Å². The van der Waals surface area contributed by atoms with E-state index in [1.54, 1.807) is 36.4 Å².